The molecular formula is C10H24N4O2S. The number of nitrogens with zero attached hydrogens (tertiary/aromatic N) is 2. The van der Waals surface area contributed by atoms with Crippen molar-refractivity contribution in [2.24, 2.45) is 11.7 Å². The molecule has 1 saturated heterocycles. The van der Waals surface area contributed by atoms with Gasteiger partial charge in [-0.25, -0.2) is 4.72 Å². The van der Waals surface area contributed by atoms with Gasteiger partial charge in [0.05, 0.1) is 0 Å². The standard InChI is InChI=1S/C10H24N4O2S/c1-13(2)8-5-12-17(15,16)14-6-3-10(9-11)4-7-14/h10,12H,3-9,11H2,1-2H3. The van der Waals surface area contributed by atoms with E-state index in [9.17, 15) is 8.42 Å². The van der Waals surface area contributed by atoms with Crippen LogP contribution in [0.2, 0.25) is 0 Å². The van der Waals surface area contributed by atoms with Crippen molar-refractivity contribution >= 4 is 10.2 Å². The Bertz CT molecular complexity index is 310. The molecule has 1 rings (SSSR count). The lowest BCUT2D eigenvalue weighted by atomic mass is 9.99. The Kier molecular flexibility index (Phi) is 5.81. The molecule has 0 aromatic carbocycles. The van der Waals surface area contributed by atoms with Gasteiger partial charge in [-0.2, -0.15) is 12.7 Å². The molecule has 102 valence electrons. The Morgan fingerprint density at radius 2 is 1.94 bits per heavy atom. The van der Waals surface area contributed by atoms with Gasteiger partial charge in [-0.1, -0.05) is 0 Å². The molecule has 6 nitrogen and oxygen atoms in total. The number of hydrogen-bond acceptors (Lipinski definition) is 4. The van der Waals surface area contributed by atoms with Crippen LogP contribution in [-0.4, -0.2) is 64.4 Å². The lowest BCUT2D eigenvalue weighted by molar-refractivity contribution is 0.275. The van der Waals surface area contributed by atoms with E-state index in [1.165, 1.54) is 4.31 Å². The van der Waals surface area contributed by atoms with Gasteiger partial charge in [0.25, 0.3) is 10.2 Å². The SMILES string of the molecule is CN(C)CCNS(=O)(=O)N1CCC(CN)CC1. The molecule has 3 N–H and O–H groups in total. The summed E-state index contributed by atoms with van der Waals surface area (Å²) >= 11 is 0. The second-order valence-electron chi connectivity index (χ2n) is 4.78. The molecular weight excluding hydrogens is 240 g/mol. The lowest BCUT2D eigenvalue weighted by Crippen LogP contribution is -2.47. The molecule has 0 amide bonds. The predicted octanol–water partition coefficient (Wildman–Crippen LogP) is -0.947. The summed E-state index contributed by atoms with van der Waals surface area (Å²) in [7, 11) is 0.541. The number of rotatable bonds is 6. The normalized spacial score (nSPS) is 20.0. The highest BCUT2D eigenvalue weighted by Gasteiger charge is 2.26. The van der Waals surface area contributed by atoms with Crippen LogP contribution in [0.1, 0.15) is 12.8 Å². The van der Waals surface area contributed by atoms with Crippen LogP contribution in [0.3, 0.4) is 0 Å². The van der Waals surface area contributed by atoms with Crippen LogP contribution in [0, 0.1) is 5.92 Å². The Balaban J connectivity index is 2.38. The van der Waals surface area contributed by atoms with Crippen molar-refractivity contribution in [3.63, 3.8) is 0 Å². The maximum Gasteiger partial charge on any atom is 0.279 e. The number of nitrogens with two attached hydrogens (primary N) is 1. The zero-order valence-electron chi connectivity index (χ0n) is 10.7. The van der Waals surface area contributed by atoms with E-state index < -0.39 is 10.2 Å². The molecule has 0 saturated carbocycles. The summed E-state index contributed by atoms with van der Waals surface area (Å²) in [5.41, 5.74) is 5.58. The van der Waals surface area contributed by atoms with Gasteiger partial charge in [0.2, 0.25) is 0 Å². The molecule has 0 unspecified atom stereocenters. The quantitative estimate of drug-likeness (QED) is 0.648. The van der Waals surface area contributed by atoms with E-state index in [2.05, 4.69) is 4.72 Å². The Morgan fingerprint density at radius 1 is 1.35 bits per heavy atom. The zero-order chi connectivity index (χ0) is 12.9. The van der Waals surface area contributed by atoms with Crippen LogP contribution < -0.4 is 10.5 Å². The van der Waals surface area contributed by atoms with Crippen LogP contribution in [0.25, 0.3) is 0 Å². The van der Waals surface area contributed by atoms with Crippen molar-refractivity contribution in [1.82, 2.24) is 13.9 Å². The van der Waals surface area contributed by atoms with E-state index in [0.29, 0.717) is 38.6 Å². The molecule has 0 atom stereocenters. The summed E-state index contributed by atoms with van der Waals surface area (Å²) in [4.78, 5) is 1.95. The zero-order valence-corrected chi connectivity index (χ0v) is 11.5. The first kappa shape index (κ1) is 14.8. The summed E-state index contributed by atoms with van der Waals surface area (Å²) in [6, 6.07) is 0. The van der Waals surface area contributed by atoms with Gasteiger partial charge in [0.1, 0.15) is 0 Å². The molecule has 1 aliphatic heterocycles. The fourth-order valence-electron chi connectivity index (χ4n) is 1.87. The maximum atomic E-state index is 11.9. The first-order valence-electron chi connectivity index (χ1n) is 6.05. The van der Waals surface area contributed by atoms with Crippen LogP contribution in [0.5, 0.6) is 0 Å². The second kappa shape index (κ2) is 6.65. The van der Waals surface area contributed by atoms with E-state index in [0.717, 1.165) is 12.8 Å². The largest absolute Gasteiger partial charge is 0.330 e. The molecule has 0 radical (unpaired) electrons. The average molecular weight is 264 g/mol. The third-order valence-electron chi connectivity index (χ3n) is 3.09. The van der Waals surface area contributed by atoms with E-state index in [1.54, 1.807) is 0 Å². The molecule has 0 aliphatic carbocycles. The van der Waals surface area contributed by atoms with Crippen molar-refractivity contribution in [2.45, 2.75) is 12.8 Å². The molecule has 1 aliphatic rings. The summed E-state index contributed by atoms with van der Waals surface area (Å²) < 4.78 is 28.0. The molecule has 7 heteroatoms. The van der Waals surface area contributed by atoms with Crippen molar-refractivity contribution in [1.29, 1.82) is 0 Å². The summed E-state index contributed by atoms with van der Waals surface area (Å²) in [5.74, 6) is 0.475. The van der Waals surface area contributed by atoms with Gasteiger partial charge < -0.3 is 10.6 Å². The monoisotopic (exact) mass is 264 g/mol. The van der Waals surface area contributed by atoms with E-state index in [1.807, 2.05) is 19.0 Å². The molecule has 0 bridgehead atoms. The first-order chi connectivity index (χ1) is 7.95. The highest BCUT2D eigenvalue weighted by molar-refractivity contribution is 7.87. The third kappa shape index (κ3) is 4.89. The Hall–Kier alpha value is -0.210. The van der Waals surface area contributed by atoms with Crippen LogP contribution in [-0.2, 0) is 10.2 Å². The fourth-order valence-corrected chi connectivity index (χ4v) is 3.10. The van der Waals surface area contributed by atoms with Gasteiger partial charge in [0, 0.05) is 26.2 Å². The molecule has 1 heterocycles. The highest BCUT2D eigenvalue weighted by atomic mass is 32.2. The van der Waals surface area contributed by atoms with Gasteiger partial charge in [0.15, 0.2) is 0 Å². The van der Waals surface area contributed by atoms with Gasteiger partial charge in [-0.3, -0.25) is 0 Å². The number of piperidine rings is 1. The molecule has 0 spiro atoms. The van der Waals surface area contributed by atoms with E-state index in [4.69, 9.17) is 5.73 Å². The molecule has 0 aromatic heterocycles. The minimum absolute atomic E-state index is 0.451. The minimum Gasteiger partial charge on any atom is -0.330 e. The van der Waals surface area contributed by atoms with Gasteiger partial charge in [-0.15, -0.1) is 0 Å². The van der Waals surface area contributed by atoms with Crippen molar-refractivity contribution < 1.29 is 8.42 Å². The van der Waals surface area contributed by atoms with Crippen LogP contribution >= 0.6 is 0 Å². The second-order valence-corrected chi connectivity index (χ2v) is 6.54. The first-order valence-corrected chi connectivity index (χ1v) is 7.49. The maximum absolute atomic E-state index is 11.9. The van der Waals surface area contributed by atoms with Crippen molar-refractivity contribution in [3.8, 4) is 0 Å². The molecule has 1 fully saturated rings. The average Bonchev–Trinajstić information content (AvgIpc) is 2.28. The van der Waals surface area contributed by atoms with Crippen molar-refractivity contribution in [3.05, 3.63) is 0 Å². The topological polar surface area (TPSA) is 78.7 Å². The molecule has 0 aromatic rings. The number of likely N-dealkylation sites (N-methyl/N-ethyl adjacent to an activating group) is 1. The Labute approximate surface area is 104 Å². The third-order valence-corrected chi connectivity index (χ3v) is 4.70. The van der Waals surface area contributed by atoms with Gasteiger partial charge >= 0.3 is 0 Å². The van der Waals surface area contributed by atoms with Crippen LogP contribution in [0.15, 0.2) is 0 Å². The Morgan fingerprint density at radius 3 is 2.41 bits per heavy atom. The number of hydrogen-bond donors (Lipinski definition) is 2. The summed E-state index contributed by atoms with van der Waals surface area (Å²) in [5, 5.41) is 0. The highest BCUT2D eigenvalue weighted by Crippen LogP contribution is 2.17. The predicted molar refractivity (Wildman–Crippen MR) is 68.8 cm³/mol. The van der Waals surface area contributed by atoms with Gasteiger partial charge in [-0.05, 0) is 39.4 Å². The summed E-state index contributed by atoms with van der Waals surface area (Å²) in [6.45, 7) is 2.98. The molecule has 17 heavy (non-hydrogen) atoms. The van der Waals surface area contributed by atoms with Crippen LogP contribution in [0.4, 0.5) is 0 Å². The smallest absolute Gasteiger partial charge is 0.279 e. The van der Waals surface area contributed by atoms with E-state index >= 15 is 0 Å². The minimum atomic E-state index is -3.29. The van der Waals surface area contributed by atoms with Crippen molar-refractivity contribution in [2.75, 3.05) is 46.8 Å². The van der Waals surface area contributed by atoms with E-state index in [-0.39, 0.29) is 0 Å². The lowest BCUT2D eigenvalue weighted by Gasteiger charge is -2.30. The fraction of sp³-hybridized carbons (Fsp3) is 1.00. The number of nitrogens with one attached hydrogen (secondary N) is 1. The summed E-state index contributed by atoms with van der Waals surface area (Å²) in [6.07, 6.45) is 1.73.